The van der Waals surface area contributed by atoms with Crippen LogP contribution >= 0.6 is 0 Å². The van der Waals surface area contributed by atoms with Crippen LogP contribution in [-0.4, -0.2) is 53.6 Å². The van der Waals surface area contributed by atoms with Crippen molar-refractivity contribution in [2.24, 2.45) is 11.8 Å². The molecule has 180 valence electrons. The minimum absolute atomic E-state index is 0.0455. The van der Waals surface area contributed by atoms with Crippen molar-refractivity contribution in [3.8, 4) is 0 Å². The van der Waals surface area contributed by atoms with Crippen LogP contribution in [0.15, 0.2) is 36.4 Å². The summed E-state index contributed by atoms with van der Waals surface area (Å²) in [6, 6.07) is 13.5. The van der Waals surface area contributed by atoms with Crippen LogP contribution in [0.25, 0.3) is 0 Å². The normalized spacial score (nSPS) is 29.6. The quantitative estimate of drug-likeness (QED) is 0.595. The van der Waals surface area contributed by atoms with Gasteiger partial charge in [0, 0.05) is 18.9 Å². The van der Waals surface area contributed by atoms with E-state index in [2.05, 4.69) is 57.2 Å². The monoisotopic (exact) mass is 454 g/mol. The van der Waals surface area contributed by atoms with Gasteiger partial charge in [-0.1, -0.05) is 49.7 Å². The second kappa shape index (κ2) is 10.7. The molecule has 1 saturated heterocycles. The number of aryl methyl sites for hydroxylation is 3. The topological polar surface area (TPSA) is 79.2 Å². The maximum Gasteiger partial charge on any atom is 0.183 e. The largest absolute Gasteiger partial charge is 0.396 e. The summed E-state index contributed by atoms with van der Waals surface area (Å²) in [5.74, 6) is 0.185. The summed E-state index contributed by atoms with van der Waals surface area (Å²) in [5, 5.41) is 30.4. The number of hydrogen-bond acceptors (Lipinski definition) is 5. The van der Waals surface area contributed by atoms with Gasteiger partial charge in [-0.2, -0.15) is 0 Å². The van der Waals surface area contributed by atoms with Crippen molar-refractivity contribution in [3.63, 3.8) is 0 Å². The van der Waals surface area contributed by atoms with Gasteiger partial charge in [0.1, 0.15) is 6.10 Å². The summed E-state index contributed by atoms with van der Waals surface area (Å²) in [7, 11) is 0. The fraction of sp³-hybridized carbons (Fsp3) is 0.571. The standard InChI is InChI=1S/C28H38O5/c1-4-5-19-7-9-20-12-22(14-29)25(16-33-28-26(31)13-23(30)15-32-28)27(24(20)11-19)21-8-6-17(2)18(3)10-21/h6-11,22-23,25-31H,4-5,12-16H2,1-3H3. The van der Waals surface area contributed by atoms with Crippen LogP contribution in [0.5, 0.6) is 0 Å². The van der Waals surface area contributed by atoms with Gasteiger partial charge in [-0.3, -0.25) is 0 Å². The molecular weight excluding hydrogens is 416 g/mol. The van der Waals surface area contributed by atoms with Crippen LogP contribution < -0.4 is 0 Å². The molecule has 1 heterocycles. The highest BCUT2D eigenvalue weighted by molar-refractivity contribution is 5.45. The van der Waals surface area contributed by atoms with E-state index in [-0.39, 0.29) is 37.4 Å². The van der Waals surface area contributed by atoms with Crippen LogP contribution in [0, 0.1) is 25.7 Å². The number of fused-ring (bicyclic) bond motifs is 1. The molecule has 1 fully saturated rings. The molecule has 0 amide bonds. The molecule has 4 rings (SSSR count). The van der Waals surface area contributed by atoms with Crippen LogP contribution in [0.2, 0.25) is 0 Å². The first kappa shape index (κ1) is 24.4. The molecule has 2 aliphatic rings. The van der Waals surface area contributed by atoms with Crippen LogP contribution in [0.3, 0.4) is 0 Å². The van der Waals surface area contributed by atoms with E-state index in [0.29, 0.717) is 6.61 Å². The Hall–Kier alpha value is -1.76. The molecule has 1 aliphatic heterocycles. The number of ether oxygens (including phenoxy) is 2. The lowest BCUT2D eigenvalue weighted by atomic mass is 9.66. The summed E-state index contributed by atoms with van der Waals surface area (Å²) in [4.78, 5) is 0. The highest BCUT2D eigenvalue weighted by Gasteiger charge is 2.39. The number of aliphatic hydroxyl groups is 3. The average molecular weight is 455 g/mol. The summed E-state index contributed by atoms with van der Waals surface area (Å²) < 4.78 is 11.7. The fourth-order valence-corrected chi connectivity index (χ4v) is 5.46. The van der Waals surface area contributed by atoms with Gasteiger partial charge < -0.3 is 24.8 Å². The molecule has 0 spiro atoms. The second-order valence-corrected chi connectivity index (χ2v) is 9.91. The van der Waals surface area contributed by atoms with Crippen molar-refractivity contribution in [2.45, 2.75) is 70.9 Å². The number of aliphatic hydroxyl groups excluding tert-OH is 3. The number of hydrogen-bond donors (Lipinski definition) is 3. The molecule has 1 aliphatic carbocycles. The molecule has 6 unspecified atom stereocenters. The molecule has 0 saturated carbocycles. The lowest BCUT2D eigenvalue weighted by Gasteiger charge is -2.41. The van der Waals surface area contributed by atoms with Gasteiger partial charge in [-0.25, -0.2) is 0 Å². The van der Waals surface area contributed by atoms with Gasteiger partial charge in [-0.05, 0) is 71.9 Å². The molecule has 2 aromatic carbocycles. The van der Waals surface area contributed by atoms with E-state index in [9.17, 15) is 15.3 Å². The van der Waals surface area contributed by atoms with E-state index in [1.165, 1.54) is 33.4 Å². The van der Waals surface area contributed by atoms with E-state index in [0.717, 1.165) is 19.3 Å². The molecule has 5 heteroatoms. The Balaban J connectivity index is 1.70. The highest BCUT2D eigenvalue weighted by atomic mass is 16.7. The molecule has 5 nitrogen and oxygen atoms in total. The lowest BCUT2D eigenvalue weighted by Crippen LogP contribution is -2.44. The SMILES string of the molecule is CCCc1ccc2c(c1)C(c1ccc(C)c(C)c1)C(COC1OCC(O)CC1O)C(CO)C2. The van der Waals surface area contributed by atoms with E-state index in [4.69, 9.17) is 9.47 Å². The Morgan fingerprint density at radius 1 is 1.06 bits per heavy atom. The molecule has 6 atom stereocenters. The zero-order valence-corrected chi connectivity index (χ0v) is 20.0. The molecule has 3 N–H and O–H groups in total. The molecular formula is C28H38O5. The van der Waals surface area contributed by atoms with Gasteiger partial charge in [0.2, 0.25) is 0 Å². The molecule has 0 aromatic heterocycles. The van der Waals surface area contributed by atoms with Gasteiger partial charge in [0.25, 0.3) is 0 Å². The average Bonchev–Trinajstić information content (AvgIpc) is 2.80. The van der Waals surface area contributed by atoms with Crippen molar-refractivity contribution in [3.05, 3.63) is 69.8 Å². The Morgan fingerprint density at radius 3 is 2.58 bits per heavy atom. The molecule has 0 radical (unpaired) electrons. The summed E-state index contributed by atoms with van der Waals surface area (Å²) in [5.41, 5.74) is 7.71. The minimum atomic E-state index is -0.853. The smallest absolute Gasteiger partial charge is 0.183 e. The number of rotatable bonds is 7. The minimum Gasteiger partial charge on any atom is -0.396 e. The maximum atomic E-state index is 10.3. The van der Waals surface area contributed by atoms with Crippen molar-refractivity contribution in [2.75, 3.05) is 19.8 Å². The van der Waals surface area contributed by atoms with Gasteiger partial charge in [-0.15, -0.1) is 0 Å². The van der Waals surface area contributed by atoms with Gasteiger partial charge in [0.05, 0.1) is 19.3 Å². The fourth-order valence-electron chi connectivity index (χ4n) is 5.46. The zero-order chi connectivity index (χ0) is 23.5. The van der Waals surface area contributed by atoms with E-state index < -0.39 is 18.5 Å². The Labute approximate surface area is 197 Å². The summed E-state index contributed by atoms with van der Waals surface area (Å²) in [6.45, 7) is 7.09. The first-order valence-corrected chi connectivity index (χ1v) is 12.3. The highest BCUT2D eigenvalue weighted by Crippen LogP contribution is 2.45. The number of benzene rings is 2. The van der Waals surface area contributed by atoms with E-state index >= 15 is 0 Å². The van der Waals surface area contributed by atoms with E-state index in [1.54, 1.807) is 0 Å². The second-order valence-electron chi connectivity index (χ2n) is 9.91. The molecule has 33 heavy (non-hydrogen) atoms. The summed E-state index contributed by atoms with van der Waals surface area (Å²) >= 11 is 0. The van der Waals surface area contributed by atoms with Crippen LogP contribution in [0.4, 0.5) is 0 Å². The Kier molecular flexibility index (Phi) is 7.87. The zero-order valence-electron chi connectivity index (χ0n) is 20.0. The first-order chi connectivity index (χ1) is 15.9. The van der Waals surface area contributed by atoms with Crippen molar-refractivity contribution >= 4 is 0 Å². The molecule has 2 aromatic rings. The predicted molar refractivity (Wildman–Crippen MR) is 128 cm³/mol. The van der Waals surface area contributed by atoms with E-state index in [1.807, 2.05) is 0 Å². The summed E-state index contributed by atoms with van der Waals surface area (Å²) in [6.07, 6.45) is 0.938. The lowest BCUT2D eigenvalue weighted by molar-refractivity contribution is -0.241. The van der Waals surface area contributed by atoms with Gasteiger partial charge >= 0.3 is 0 Å². The van der Waals surface area contributed by atoms with Crippen LogP contribution in [-0.2, 0) is 22.3 Å². The Morgan fingerprint density at radius 2 is 1.88 bits per heavy atom. The first-order valence-electron chi connectivity index (χ1n) is 12.3. The van der Waals surface area contributed by atoms with Gasteiger partial charge in [0.15, 0.2) is 6.29 Å². The predicted octanol–water partition coefficient (Wildman–Crippen LogP) is 3.65. The van der Waals surface area contributed by atoms with Crippen molar-refractivity contribution < 1.29 is 24.8 Å². The maximum absolute atomic E-state index is 10.3. The third-order valence-electron chi connectivity index (χ3n) is 7.46. The third kappa shape index (κ3) is 5.33. The van der Waals surface area contributed by atoms with Crippen LogP contribution in [0.1, 0.15) is 59.1 Å². The van der Waals surface area contributed by atoms with Crippen molar-refractivity contribution in [1.29, 1.82) is 0 Å². The molecule has 0 bridgehead atoms. The Bertz CT molecular complexity index is 942. The van der Waals surface area contributed by atoms with Crippen molar-refractivity contribution in [1.82, 2.24) is 0 Å². The third-order valence-corrected chi connectivity index (χ3v) is 7.46.